The summed E-state index contributed by atoms with van der Waals surface area (Å²) in [5, 5.41) is 9.14. The fraction of sp³-hybridized carbons (Fsp3) is 0.579. The van der Waals surface area contributed by atoms with Gasteiger partial charge in [0.2, 0.25) is 5.91 Å². The topological polar surface area (TPSA) is 57.6 Å². The van der Waals surface area contributed by atoms with E-state index in [9.17, 15) is 9.59 Å². The molecule has 4 heteroatoms. The van der Waals surface area contributed by atoms with Crippen LogP contribution < -0.4 is 0 Å². The molecular formula is C19H23NO3. The molecular weight excluding hydrogens is 290 g/mol. The summed E-state index contributed by atoms with van der Waals surface area (Å²) in [5.74, 6) is -0.514. The van der Waals surface area contributed by atoms with Crippen LogP contribution >= 0.6 is 0 Å². The van der Waals surface area contributed by atoms with E-state index in [0.717, 1.165) is 44.2 Å². The van der Waals surface area contributed by atoms with Crippen LogP contribution in [-0.2, 0) is 17.6 Å². The molecule has 1 atom stereocenters. The molecule has 1 aromatic rings. The second-order valence-electron chi connectivity index (χ2n) is 7.43. The molecule has 23 heavy (non-hydrogen) atoms. The third-order valence-corrected chi connectivity index (χ3v) is 6.14. The normalized spacial score (nSPS) is 27.7. The molecule has 1 aliphatic heterocycles. The summed E-state index contributed by atoms with van der Waals surface area (Å²) in [5.41, 5.74) is 2.41. The molecule has 2 aliphatic carbocycles. The van der Waals surface area contributed by atoms with Gasteiger partial charge in [0.25, 0.3) is 0 Å². The number of piperidine rings is 1. The van der Waals surface area contributed by atoms with Crippen LogP contribution in [0, 0.1) is 5.41 Å². The first-order chi connectivity index (χ1) is 11.1. The number of hydrogen-bond acceptors (Lipinski definition) is 2. The second-order valence-corrected chi connectivity index (χ2v) is 7.43. The number of carboxylic acids is 1. The van der Waals surface area contributed by atoms with E-state index in [0.29, 0.717) is 17.5 Å². The lowest BCUT2D eigenvalue weighted by molar-refractivity contribution is -0.152. The first-order valence-corrected chi connectivity index (χ1v) is 8.75. The summed E-state index contributed by atoms with van der Waals surface area (Å²) < 4.78 is 0. The van der Waals surface area contributed by atoms with Crippen molar-refractivity contribution in [2.75, 3.05) is 6.54 Å². The van der Waals surface area contributed by atoms with E-state index < -0.39 is 5.97 Å². The van der Waals surface area contributed by atoms with E-state index in [1.54, 1.807) is 12.1 Å². The molecule has 1 aromatic carbocycles. The van der Waals surface area contributed by atoms with Crippen molar-refractivity contribution in [1.29, 1.82) is 0 Å². The molecule has 1 amide bonds. The van der Waals surface area contributed by atoms with Crippen molar-refractivity contribution in [1.82, 2.24) is 4.90 Å². The zero-order valence-electron chi connectivity index (χ0n) is 13.4. The van der Waals surface area contributed by atoms with Crippen LogP contribution in [0.3, 0.4) is 0 Å². The standard InChI is InChI=1S/C19H23NO3/c21-17(22)14-5-6-15-12-19(9-7-13(15)11-14)8-2-10-20(18(19)23)16-3-1-4-16/h5-6,11,16H,1-4,7-10,12H2,(H,21,22)/t19-/m0/s1. The monoisotopic (exact) mass is 313 g/mol. The number of nitrogens with zero attached hydrogens (tertiary/aromatic N) is 1. The molecule has 1 N–H and O–H groups in total. The van der Waals surface area contributed by atoms with Gasteiger partial charge in [-0.1, -0.05) is 6.07 Å². The number of fused-ring (bicyclic) bond motifs is 1. The van der Waals surface area contributed by atoms with Gasteiger partial charge in [0.1, 0.15) is 0 Å². The first kappa shape index (κ1) is 14.7. The highest BCUT2D eigenvalue weighted by Gasteiger charge is 2.47. The summed E-state index contributed by atoms with van der Waals surface area (Å²) in [4.78, 5) is 26.4. The highest BCUT2D eigenvalue weighted by atomic mass is 16.4. The van der Waals surface area contributed by atoms with Crippen molar-refractivity contribution >= 4 is 11.9 Å². The smallest absolute Gasteiger partial charge is 0.335 e. The summed E-state index contributed by atoms with van der Waals surface area (Å²) in [6, 6.07) is 5.88. The molecule has 0 bridgehead atoms. The predicted octanol–water partition coefficient (Wildman–Crippen LogP) is 3.03. The van der Waals surface area contributed by atoms with Crippen LogP contribution in [0.4, 0.5) is 0 Å². The highest BCUT2D eigenvalue weighted by molar-refractivity contribution is 5.88. The first-order valence-electron chi connectivity index (χ1n) is 8.75. The third kappa shape index (κ3) is 2.35. The van der Waals surface area contributed by atoms with Gasteiger partial charge in [0, 0.05) is 12.6 Å². The number of likely N-dealkylation sites (tertiary alicyclic amines) is 1. The van der Waals surface area contributed by atoms with Crippen LogP contribution in [-0.4, -0.2) is 34.5 Å². The van der Waals surface area contributed by atoms with E-state index >= 15 is 0 Å². The predicted molar refractivity (Wildman–Crippen MR) is 86.4 cm³/mol. The Labute approximate surface area is 136 Å². The Morgan fingerprint density at radius 2 is 2.00 bits per heavy atom. The van der Waals surface area contributed by atoms with Crippen LogP contribution in [0.15, 0.2) is 18.2 Å². The van der Waals surface area contributed by atoms with Crippen molar-refractivity contribution in [3.05, 3.63) is 34.9 Å². The largest absolute Gasteiger partial charge is 0.478 e. The molecule has 1 heterocycles. The van der Waals surface area contributed by atoms with Crippen LogP contribution in [0.2, 0.25) is 0 Å². The van der Waals surface area contributed by atoms with E-state index in [4.69, 9.17) is 5.11 Å². The van der Waals surface area contributed by atoms with Crippen molar-refractivity contribution in [2.45, 2.75) is 57.4 Å². The van der Waals surface area contributed by atoms with E-state index in [-0.39, 0.29) is 5.41 Å². The number of aromatic carboxylic acids is 1. The SMILES string of the molecule is O=C(O)c1ccc2c(c1)CC[C@@]1(CCCN(C3CCC3)C1=O)C2. The molecule has 1 saturated heterocycles. The van der Waals surface area contributed by atoms with Gasteiger partial charge in [-0.3, -0.25) is 4.79 Å². The lowest BCUT2D eigenvalue weighted by Gasteiger charge is -2.49. The number of carbonyl (C=O) groups excluding carboxylic acids is 1. The summed E-state index contributed by atoms with van der Waals surface area (Å²) in [6.45, 7) is 0.927. The fourth-order valence-corrected chi connectivity index (χ4v) is 4.53. The lowest BCUT2D eigenvalue weighted by atomic mass is 9.66. The minimum atomic E-state index is -0.877. The molecule has 0 radical (unpaired) electrons. The maximum Gasteiger partial charge on any atom is 0.335 e. The summed E-state index contributed by atoms with van der Waals surface area (Å²) in [7, 11) is 0. The zero-order chi connectivity index (χ0) is 16.0. The lowest BCUT2D eigenvalue weighted by Crippen LogP contribution is -2.56. The van der Waals surface area contributed by atoms with Gasteiger partial charge in [-0.2, -0.15) is 0 Å². The Morgan fingerprint density at radius 3 is 2.70 bits per heavy atom. The number of carboxylic acid groups (broad SMARTS) is 1. The average molecular weight is 313 g/mol. The van der Waals surface area contributed by atoms with Gasteiger partial charge in [-0.05, 0) is 74.6 Å². The zero-order valence-corrected chi connectivity index (χ0v) is 13.4. The van der Waals surface area contributed by atoms with Crippen LogP contribution in [0.5, 0.6) is 0 Å². The van der Waals surface area contributed by atoms with Gasteiger partial charge in [0.15, 0.2) is 0 Å². The maximum absolute atomic E-state index is 13.2. The Kier molecular flexibility index (Phi) is 3.43. The Morgan fingerprint density at radius 1 is 1.17 bits per heavy atom. The van der Waals surface area contributed by atoms with Gasteiger partial charge in [-0.25, -0.2) is 4.79 Å². The Balaban J connectivity index is 1.60. The number of benzene rings is 1. The molecule has 122 valence electrons. The second kappa shape index (κ2) is 5.36. The van der Waals surface area contributed by atoms with Crippen LogP contribution in [0.1, 0.15) is 60.0 Å². The van der Waals surface area contributed by atoms with Crippen molar-refractivity contribution in [2.24, 2.45) is 5.41 Å². The molecule has 0 aromatic heterocycles. The van der Waals surface area contributed by atoms with Gasteiger partial charge in [0.05, 0.1) is 11.0 Å². The molecule has 1 saturated carbocycles. The Bertz CT molecular complexity index is 665. The summed E-state index contributed by atoms with van der Waals surface area (Å²) >= 11 is 0. The Hall–Kier alpha value is -1.84. The fourth-order valence-electron chi connectivity index (χ4n) is 4.53. The molecule has 0 unspecified atom stereocenters. The van der Waals surface area contributed by atoms with E-state index in [1.807, 2.05) is 6.07 Å². The number of hydrogen-bond donors (Lipinski definition) is 1. The van der Waals surface area contributed by atoms with E-state index in [1.165, 1.54) is 24.8 Å². The number of amides is 1. The molecule has 1 spiro atoms. The molecule has 4 nitrogen and oxygen atoms in total. The molecule has 3 aliphatic rings. The third-order valence-electron chi connectivity index (χ3n) is 6.14. The minimum Gasteiger partial charge on any atom is -0.478 e. The number of rotatable bonds is 2. The highest BCUT2D eigenvalue weighted by Crippen LogP contribution is 2.45. The van der Waals surface area contributed by atoms with Crippen LogP contribution in [0.25, 0.3) is 0 Å². The molecule has 4 rings (SSSR count). The number of carbonyl (C=O) groups is 2. The maximum atomic E-state index is 13.2. The van der Waals surface area contributed by atoms with Crippen molar-refractivity contribution in [3.8, 4) is 0 Å². The average Bonchev–Trinajstić information content (AvgIpc) is 2.49. The van der Waals surface area contributed by atoms with Gasteiger partial charge >= 0.3 is 5.97 Å². The minimum absolute atomic E-state index is 0.231. The summed E-state index contributed by atoms with van der Waals surface area (Å²) in [6.07, 6.45) is 8.14. The number of aryl methyl sites for hydroxylation is 1. The molecule has 2 fully saturated rings. The van der Waals surface area contributed by atoms with Gasteiger partial charge < -0.3 is 10.0 Å². The quantitative estimate of drug-likeness (QED) is 0.913. The van der Waals surface area contributed by atoms with Crippen molar-refractivity contribution in [3.63, 3.8) is 0 Å². The van der Waals surface area contributed by atoms with E-state index in [2.05, 4.69) is 4.90 Å². The van der Waals surface area contributed by atoms with Crippen molar-refractivity contribution < 1.29 is 14.7 Å². The van der Waals surface area contributed by atoms with Gasteiger partial charge in [-0.15, -0.1) is 0 Å².